The van der Waals surface area contributed by atoms with Gasteiger partial charge in [-0.05, 0) is 48.0 Å². The predicted octanol–water partition coefficient (Wildman–Crippen LogP) is 5.09. The van der Waals surface area contributed by atoms with Crippen LogP contribution < -0.4 is 19.6 Å². The van der Waals surface area contributed by atoms with Gasteiger partial charge in [0, 0.05) is 16.1 Å². The Morgan fingerprint density at radius 2 is 1.77 bits per heavy atom. The number of methoxy groups -OCH3 is 2. The first-order chi connectivity index (χ1) is 17.1. The summed E-state index contributed by atoms with van der Waals surface area (Å²) >= 11 is 6.23. The van der Waals surface area contributed by atoms with E-state index in [1.807, 2.05) is 48.5 Å². The molecule has 8 nitrogen and oxygen atoms in total. The van der Waals surface area contributed by atoms with Crippen LogP contribution in [-0.4, -0.2) is 36.5 Å². The maximum atomic E-state index is 12.5. The molecule has 4 rings (SSSR count). The number of H-pyrrole nitrogens is 1. The molecule has 1 amide bonds. The van der Waals surface area contributed by atoms with Crippen LogP contribution in [-0.2, 0) is 6.61 Å². The third-order valence-electron chi connectivity index (χ3n) is 5.11. The van der Waals surface area contributed by atoms with Gasteiger partial charge in [0.05, 0.1) is 26.1 Å². The number of carbonyl (C=O) groups is 1. The average Bonchev–Trinajstić information content (AvgIpc) is 3.38. The van der Waals surface area contributed by atoms with Gasteiger partial charge in [-0.2, -0.15) is 10.2 Å². The summed E-state index contributed by atoms with van der Waals surface area (Å²) in [4.78, 5) is 12.5. The topological polar surface area (TPSA) is 97.8 Å². The van der Waals surface area contributed by atoms with Gasteiger partial charge in [0.1, 0.15) is 18.1 Å². The van der Waals surface area contributed by atoms with Crippen molar-refractivity contribution < 1.29 is 19.0 Å². The van der Waals surface area contributed by atoms with E-state index in [9.17, 15) is 4.79 Å². The second-order valence-electron chi connectivity index (χ2n) is 7.36. The number of aromatic amines is 1. The molecule has 35 heavy (non-hydrogen) atoms. The number of nitrogens with one attached hydrogen (secondary N) is 2. The Morgan fingerprint density at radius 1 is 1.00 bits per heavy atom. The Balaban J connectivity index is 1.43. The molecule has 0 radical (unpaired) electrons. The van der Waals surface area contributed by atoms with Crippen LogP contribution in [0.5, 0.6) is 17.2 Å². The van der Waals surface area contributed by atoms with Crippen molar-refractivity contribution in [2.75, 3.05) is 14.2 Å². The van der Waals surface area contributed by atoms with Crippen molar-refractivity contribution in [2.45, 2.75) is 6.61 Å². The fraction of sp³-hybridized carbons (Fsp3) is 0.115. The largest absolute Gasteiger partial charge is 0.493 e. The Labute approximate surface area is 207 Å². The highest BCUT2D eigenvalue weighted by molar-refractivity contribution is 6.31. The molecule has 0 aliphatic carbocycles. The van der Waals surface area contributed by atoms with Crippen LogP contribution in [0.4, 0.5) is 0 Å². The number of rotatable bonds is 9. The maximum absolute atomic E-state index is 12.5. The van der Waals surface area contributed by atoms with Crippen LogP contribution in [0.3, 0.4) is 0 Å². The van der Waals surface area contributed by atoms with Crippen LogP contribution in [0.25, 0.3) is 11.3 Å². The summed E-state index contributed by atoms with van der Waals surface area (Å²) in [5.74, 6) is 1.36. The second-order valence-corrected chi connectivity index (χ2v) is 7.76. The first kappa shape index (κ1) is 23.8. The van der Waals surface area contributed by atoms with E-state index >= 15 is 0 Å². The lowest BCUT2D eigenvalue weighted by Crippen LogP contribution is -2.18. The summed E-state index contributed by atoms with van der Waals surface area (Å²) in [5, 5.41) is 11.7. The third kappa shape index (κ3) is 5.80. The van der Waals surface area contributed by atoms with Crippen molar-refractivity contribution in [1.82, 2.24) is 15.6 Å². The van der Waals surface area contributed by atoms with Crippen molar-refractivity contribution in [1.29, 1.82) is 0 Å². The molecule has 1 aromatic heterocycles. The van der Waals surface area contributed by atoms with E-state index < -0.39 is 5.91 Å². The molecular formula is C26H23ClN4O4. The molecule has 0 aliphatic rings. The van der Waals surface area contributed by atoms with E-state index in [4.69, 9.17) is 25.8 Å². The molecule has 3 aromatic carbocycles. The molecule has 1 heterocycles. The Bertz CT molecular complexity index is 1350. The van der Waals surface area contributed by atoms with Crippen molar-refractivity contribution in [2.24, 2.45) is 5.10 Å². The fourth-order valence-electron chi connectivity index (χ4n) is 3.31. The molecule has 0 unspecified atom stereocenters. The van der Waals surface area contributed by atoms with Crippen molar-refractivity contribution in [3.05, 3.63) is 94.6 Å². The zero-order valence-electron chi connectivity index (χ0n) is 19.1. The molecule has 2 N–H and O–H groups in total. The van der Waals surface area contributed by atoms with Gasteiger partial charge in [0.2, 0.25) is 0 Å². The summed E-state index contributed by atoms with van der Waals surface area (Å²) < 4.78 is 16.5. The zero-order chi connectivity index (χ0) is 24.6. The number of hydrazone groups is 1. The number of ether oxygens (including phenoxy) is 3. The lowest BCUT2D eigenvalue weighted by molar-refractivity contribution is 0.0950. The molecule has 0 bridgehead atoms. The third-order valence-corrected chi connectivity index (χ3v) is 5.48. The van der Waals surface area contributed by atoms with Gasteiger partial charge < -0.3 is 14.2 Å². The molecule has 0 spiro atoms. The summed E-state index contributed by atoms with van der Waals surface area (Å²) in [7, 11) is 3.12. The highest BCUT2D eigenvalue weighted by Crippen LogP contribution is 2.30. The maximum Gasteiger partial charge on any atom is 0.289 e. The molecule has 0 fully saturated rings. The average molecular weight is 491 g/mol. The molecule has 0 saturated heterocycles. The van der Waals surface area contributed by atoms with Gasteiger partial charge in [0.25, 0.3) is 5.91 Å². The van der Waals surface area contributed by atoms with Crippen LogP contribution >= 0.6 is 11.6 Å². The quantitative estimate of drug-likeness (QED) is 0.251. The number of nitrogens with zero attached hydrogens (tertiary/aromatic N) is 2. The summed E-state index contributed by atoms with van der Waals surface area (Å²) in [6.45, 7) is 0.305. The molecule has 4 aromatic rings. The highest BCUT2D eigenvalue weighted by atomic mass is 35.5. The van der Waals surface area contributed by atoms with Gasteiger partial charge in [-0.15, -0.1) is 0 Å². The lowest BCUT2D eigenvalue weighted by Gasteiger charge is -2.11. The predicted molar refractivity (Wildman–Crippen MR) is 134 cm³/mol. The van der Waals surface area contributed by atoms with Gasteiger partial charge in [0.15, 0.2) is 11.5 Å². The highest BCUT2D eigenvalue weighted by Gasteiger charge is 2.14. The van der Waals surface area contributed by atoms with Crippen molar-refractivity contribution in [3.63, 3.8) is 0 Å². The van der Waals surface area contributed by atoms with E-state index in [0.717, 1.165) is 16.7 Å². The smallest absolute Gasteiger partial charge is 0.289 e. The number of carbonyl (C=O) groups excluding carboxylic acids is 1. The van der Waals surface area contributed by atoms with Gasteiger partial charge in [-0.1, -0.05) is 41.9 Å². The molecule has 0 aliphatic heterocycles. The van der Waals surface area contributed by atoms with Crippen LogP contribution in [0, 0.1) is 0 Å². The molecule has 178 valence electrons. The van der Waals surface area contributed by atoms with E-state index in [1.165, 1.54) is 6.21 Å². The SMILES string of the molecule is COc1ccc(/C=N\NC(=O)c2cc(-c3ccccc3OCc3ccccc3Cl)n[nH]2)cc1OC. The van der Waals surface area contributed by atoms with Crippen LogP contribution in [0.15, 0.2) is 77.9 Å². The molecule has 0 saturated carbocycles. The van der Waals surface area contributed by atoms with Crippen molar-refractivity contribution >= 4 is 23.7 Å². The monoisotopic (exact) mass is 490 g/mol. The van der Waals surface area contributed by atoms with Gasteiger partial charge in [-0.3, -0.25) is 9.89 Å². The number of para-hydroxylation sites is 1. The Hall–Kier alpha value is -4.30. The summed E-state index contributed by atoms with van der Waals surface area (Å²) in [5.41, 5.74) is 5.65. The Morgan fingerprint density at radius 3 is 2.57 bits per heavy atom. The van der Waals surface area contributed by atoms with Crippen LogP contribution in [0.2, 0.25) is 5.02 Å². The fourth-order valence-corrected chi connectivity index (χ4v) is 3.50. The van der Waals surface area contributed by atoms with E-state index in [1.54, 1.807) is 38.5 Å². The summed E-state index contributed by atoms with van der Waals surface area (Å²) in [6.07, 6.45) is 1.51. The molecule has 0 atom stereocenters. The standard InChI is InChI=1S/C26H23ClN4O4/c1-33-24-12-11-17(13-25(24)34-2)15-28-31-26(32)22-14-21(29-30-22)19-8-4-6-10-23(19)35-16-18-7-3-5-9-20(18)27/h3-15H,16H2,1-2H3,(H,29,30)(H,31,32)/b28-15-. The number of amides is 1. The normalized spacial score (nSPS) is 10.8. The Kier molecular flexibility index (Phi) is 7.64. The second kappa shape index (κ2) is 11.2. The van der Waals surface area contributed by atoms with Gasteiger partial charge >= 0.3 is 0 Å². The number of halogens is 1. The van der Waals surface area contributed by atoms with E-state index in [-0.39, 0.29) is 5.69 Å². The minimum absolute atomic E-state index is 0.255. The number of benzene rings is 3. The zero-order valence-corrected chi connectivity index (χ0v) is 19.9. The summed E-state index contributed by atoms with van der Waals surface area (Å²) in [6, 6.07) is 21.9. The minimum Gasteiger partial charge on any atom is -0.493 e. The van der Waals surface area contributed by atoms with Crippen molar-refractivity contribution in [3.8, 4) is 28.5 Å². The lowest BCUT2D eigenvalue weighted by atomic mass is 10.1. The first-order valence-corrected chi connectivity index (χ1v) is 11.0. The number of hydrogen-bond donors (Lipinski definition) is 2. The number of hydrogen-bond acceptors (Lipinski definition) is 6. The molecule has 9 heteroatoms. The van der Waals surface area contributed by atoms with E-state index in [2.05, 4.69) is 20.7 Å². The van der Waals surface area contributed by atoms with Gasteiger partial charge in [-0.25, -0.2) is 5.43 Å². The number of aromatic nitrogens is 2. The molecular weight excluding hydrogens is 468 g/mol. The minimum atomic E-state index is -0.435. The van der Waals surface area contributed by atoms with E-state index in [0.29, 0.717) is 34.6 Å². The van der Waals surface area contributed by atoms with Crippen LogP contribution in [0.1, 0.15) is 21.6 Å². The first-order valence-electron chi connectivity index (χ1n) is 10.7.